The van der Waals surface area contributed by atoms with Gasteiger partial charge in [0.2, 0.25) is 8.61 Å². The van der Waals surface area contributed by atoms with Crippen molar-refractivity contribution in [2.24, 2.45) is 0 Å². The molecule has 12 nitrogen and oxygen atoms in total. The fraction of sp³-hybridized carbons (Fsp3) is 0.389. The van der Waals surface area contributed by atoms with Gasteiger partial charge in [-0.3, -0.25) is 13.9 Å². The average Bonchev–Trinajstić information content (AvgIpc) is 3.07. The zero-order chi connectivity index (χ0) is 22.4. The number of carboxylic acid groups (broad SMARTS) is 1. The highest BCUT2D eigenvalue weighted by atomic mass is 31.1. The molecule has 31 heavy (non-hydrogen) atoms. The lowest BCUT2D eigenvalue weighted by molar-refractivity contribution is -0.138. The zero-order valence-corrected chi connectivity index (χ0v) is 17.1. The quantitative estimate of drug-likeness (QED) is 0.292. The van der Waals surface area contributed by atoms with Crippen molar-refractivity contribution in [1.82, 2.24) is 14.6 Å². The molecule has 1 aliphatic heterocycles. The molecule has 5 N–H and O–H groups in total. The van der Waals surface area contributed by atoms with Crippen LogP contribution in [0.5, 0.6) is 11.5 Å². The van der Waals surface area contributed by atoms with Crippen LogP contribution in [0.2, 0.25) is 0 Å². The number of para-hydroxylation sites is 2. The Balaban J connectivity index is 1.65. The first kappa shape index (κ1) is 22.6. The molecular formula is C18H21N4O8P. The van der Waals surface area contributed by atoms with E-state index < -0.39 is 51.4 Å². The van der Waals surface area contributed by atoms with E-state index in [9.17, 15) is 19.3 Å². The molecule has 0 bridgehead atoms. The Labute approximate surface area is 177 Å². The maximum Gasteiger partial charge on any atom is 0.351 e. The second kappa shape index (κ2) is 10.3. The zero-order valence-electron chi connectivity index (χ0n) is 16.2. The molecule has 4 atom stereocenters. The van der Waals surface area contributed by atoms with Crippen LogP contribution in [-0.2, 0) is 14.1 Å². The Morgan fingerprint density at radius 1 is 1.39 bits per heavy atom. The predicted octanol–water partition coefficient (Wildman–Crippen LogP) is 0.529. The summed E-state index contributed by atoms with van der Waals surface area (Å²) in [6.07, 6.45) is -2.25. The fourth-order valence-electron chi connectivity index (χ4n) is 3.00. The van der Waals surface area contributed by atoms with Crippen LogP contribution in [0.4, 0.5) is 5.82 Å². The van der Waals surface area contributed by atoms with Crippen LogP contribution in [0.1, 0.15) is 19.1 Å². The number of nitrogen functional groups attached to an aromatic ring is 1. The summed E-state index contributed by atoms with van der Waals surface area (Å²) in [5.74, 6) is -0.565. The van der Waals surface area contributed by atoms with Crippen molar-refractivity contribution in [3.8, 4) is 11.5 Å². The largest absolute Gasteiger partial charge is 0.487 e. The molecule has 1 aromatic carbocycles. The van der Waals surface area contributed by atoms with E-state index in [-0.39, 0.29) is 30.3 Å². The number of hydrogen-bond donors (Lipinski definition) is 4. The normalized spacial score (nSPS) is 21.6. The number of aromatic nitrogens is 2. The van der Waals surface area contributed by atoms with E-state index >= 15 is 0 Å². The van der Waals surface area contributed by atoms with Crippen molar-refractivity contribution in [3.05, 3.63) is 47.0 Å². The second-order valence-corrected chi connectivity index (χ2v) is 7.10. The van der Waals surface area contributed by atoms with Crippen LogP contribution >= 0.6 is 8.61 Å². The monoisotopic (exact) mass is 452 g/mol. The third kappa shape index (κ3) is 5.98. The maximum atomic E-state index is 12.0. The molecule has 1 aliphatic rings. The lowest BCUT2D eigenvalue weighted by Crippen LogP contribution is -2.31. The number of nitrogens with zero attached hydrogens (tertiary/aromatic N) is 2. The number of aliphatic hydroxyl groups excluding tert-OH is 1. The van der Waals surface area contributed by atoms with Gasteiger partial charge in [-0.25, -0.2) is 4.79 Å². The molecule has 1 fully saturated rings. The van der Waals surface area contributed by atoms with Crippen molar-refractivity contribution in [2.75, 3.05) is 12.3 Å². The van der Waals surface area contributed by atoms with E-state index in [1.807, 2.05) is 0 Å². The second-order valence-electron chi connectivity index (χ2n) is 6.66. The Bertz CT molecular complexity index is 987. The summed E-state index contributed by atoms with van der Waals surface area (Å²) < 4.78 is 29.1. The number of carboxylic acids is 1. The SMILES string of the molecule is Nc1ccn([C@H]2C[C@H](O)[C@@H](COc3ccccc3OC(CC(=O)O)NP=O)O2)c(=O)n1. The molecule has 3 rings (SSSR count). The fourth-order valence-corrected chi connectivity index (χ4v) is 3.27. The molecule has 0 spiro atoms. The Kier molecular flexibility index (Phi) is 7.53. The molecule has 13 heteroatoms. The lowest BCUT2D eigenvalue weighted by atomic mass is 10.2. The van der Waals surface area contributed by atoms with Crippen LogP contribution < -0.4 is 26.0 Å². The number of ether oxygens (including phenoxy) is 3. The topological polar surface area (TPSA) is 175 Å². The first-order valence-electron chi connectivity index (χ1n) is 9.23. The standard InChI is InChI=1S/C18H21N4O8P/c19-14-5-6-22(18(26)20-14)16-7-10(23)13(30-16)9-28-11-3-1-2-4-12(11)29-15(21-31-27)8-17(24)25/h1-6,10,13,15-16,23H,7-9H2,(H,21,27)(H,24,25)(H2,19,20,26)/t10-,13+,15?,16+/m0/s1. The first-order valence-corrected chi connectivity index (χ1v) is 10.0. The summed E-state index contributed by atoms with van der Waals surface area (Å²) in [6.45, 7) is -0.0635. The molecule has 2 aromatic rings. The highest BCUT2D eigenvalue weighted by Crippen LogP contribution is 2.31. The Morgan fingerprint density at radius 2 is 2.13 bits per heavy atom. The van der Waals surface area contributed by atoms with Gasteiger partial charge in [-0.2, -0.15) is 10.1 Å². The Morgan fingerprint density at radius 3 is 2.81 bits per heavy atom. The minimum absolute atomic E-state index is 0.0635. The van der Waals surface area contributed by atoms with Crippen molar-refractivity contribution < 1.29 is 33.8 Å². The van der Waals surface area contributed by atoms with E-state index in [0.717, 1.165) is 0 Å². The highest BCUT2D eigenvalue weighted by Gasteiger charge is 2.36. The third-order valence-corrected chi connectivity index (χ3v) is 4.84. The van der Waals surface area contributed by atoms with Gasteiger partial charge >= 0.3 is 11.7 Å². The van der Waals surface area contributed by atoms with Crippen molar-refractivity contribution in [1.29, 1.82) is 0 Å². The van der Waals surface area contributed by atoms with Crippen molar-refractivity contribution >= 4 is 20.4 Å². The summed E-state index contributed by atoms with van der Waals surface area (Å²) in [4.78, 5) is 26.6. The van der Waals surface area contributed by atoms with Crippen LogP contribution in [0.15, 0.2) is 41.3 Å². The summed E-state index contributed by atoms with van der Waals surface area (Å²) in [5.41, 5.74) is 4.90. The number of rotatable bonds is 10. The van der Waals surface area contributed by atoms with Crippen LogP contribution in [0.3, 0.4) is 0 Å². The predicted molar refractivity (Wildman–Crippen MR) is 107 cm³/mol. The third-order valence-electron chi connectivity index (χ3n) is 4.44. The summed E-state index contributed by atoms with van der Waals surface area (Å²) in [6, 6.07) is 7.95. The summed E-state index contributed by atoms with van der Waals surface area (Å²) >= 11 is 0. The molecule has 0 radical (unpaired) electrons. The molecule has 1 aromatic heterocycles. The molecule has 1 saturated heterocycles. The van der Waals surface area contributed by atoms with Crippen LogP contribution in [-0.4, -0.2) is 50.8 Å². The number of aliphatic carboxylic acids is 1. The molecule has 0 saturated carbocycles. The summed E-state index contributed by atoms with van der Waals surface area (Å²) in [5, 5.41) is 21.6. The number of carbonyl (C=O) groups is 1. The number of benzene rings is 1. The summed E-state index contributed by atoms with van der Waals surface area (Å²) in [7, 11) is -0.483. The van der Waals surface area contributed by atoms with Crippen LogP contribution in [0.25, 0.3) is 0 Å². The van der Waals surface area contributed by atoms with Crippen molar-refractivity contribution in [3.63, 3.8) is 0 Å². The highest BCUT2D eigenvalue weighted by molar-refractivity contribution is 7.21. The van der Waals surface area contributed by atoms with Gasteiger partial charge in [-0.15, -0.1) is 0 Å². The van der Waals surface area contributed by atoms with Crippen molar-refractivity contribution in [2.45, 2.75) is 37.5 Å². The van der Waals surface area contributed by atoms with Gasteiger partial charge in [-0.1, -0.05) is 12.1 Å². The molecule has 1 unspecified atom stereocenters. The molecular weight excluding hydrogens is 431 g/mol. The number of aliphatic hydroxyl groups is 1. The maximum absolute atomic E-state index is 12.0. The van der Waals surface area contributed by atoms with Crippen LogP contribution in [0, 0.1) is 0 Å². The van der Waals surface area contributed by atoms with Gasteiger partial charge in [0.05, 0.1) is 12.5 Å². The Hall–Kier alpha value is -3.05. The number of nitrogens with one attached hydrogen (secondary N) is 1. The van der Waals surface area contributed by atoms with E-state index in [1.54, 1.807) is 24.3 Å². The smallest absolute Gasteiger partial charge is 0.351 e. The molecule has 0 aliphatic carbocycles. The minimum Gasteiger partial charge on any atom is -0.487 e. The van der Waals surface area contributed by atoms with E-state index in [2.05, 4.69) is 10.1 Å². The minimum atomic E-state index is -1.14. The first-order chi connectivity index (χ1) is 14.9. The van der Waals surface area contributed by atoms with Gasteiger partial charge in [0, 0.05) is 12.6 Å². The molecule has 0 amide bonds. The van der Waals surface area contributed by atoms with Gasteiger partial charge in [-0.05, 0) is 18.2 Å². The molecule has 2 heterocycles. The number of hydrogen-bond acceptors (Lipinski definition) is 9. The van der Waals surface area contributed by atoms with E-state index in [4.69, 9.17) is 25.1 Å². The lowest BCUT2D eigenvalue weighted by Gasteiger charge is -2.20. The van der Waals surface area contributed by atoms with Gasteiger partial charge < -0.3 is 30.2 Å². The molecule has 166 valence electrons. The van der Waals surface area contributed by atoms with Gasteiger partial charge in [0.1, 0.15) is 24.8 Å². The van der Waals surface area contributed by atoms with E-state index in [0.29, 0.717) is 0 Å². The number of anilines is 1. The number of nitrogens with two attached hydrogens (primary N) is 1. The van der Waals surface area contributed by atoms with E-state index in [1.165, 1.54) is 16.8 Å². The van der Waals surface area contributed by atoms with Gasteiger partial charge in [0.25, 0.3) is 0 Å². The van der Waals surface area contributed by atoms with Gasteiger partial charge in [0.15, 0.2) is 17.7 Å². The average molecular weight is 452 g/mol.